The van der Waals surface area contributed by atoms with Crippen molar-refractivity contribution in [2.24, 2.45) is 0 Å². The van der Waals surface area contributed by atoms with Crippen LogP contribution in [0.3, 0.4) is 0 Å². The van der Waals surface area contributed by atoms with Crippen molar-refractivity contribution in [1.29, 1.82) is 0 Å². The Balaban J connectivity index is 2.15. The van der Waals surface area contributed by atoms with E-state index in [0.29, 0.717) is 13.0 Å². The molecule has 2 rings (SSSR count). The Morgan fingerprint density at radius 3 is 2.50 bits per heavy atom. The smallest absolute Gasteiger partial charge is 0.369 e. The molecule has 1 fully saturated rings. The first-order chi connectivity index (χ1) is 10.1. The van der Waals surface area contributed by atoms with E-state index in [1.54, 1.807) is 11.0 Å². The fourth-order valence-electron chi connectivity index (χ4n) is 2.38. The van der Waals surface area contributed by atoms with Gasteiger partial charge in [-0.2, -0.15) is 30.6 Å². The lowest BCUT2D eigenvalue weighted by molar-refractivity contribution is -0.137. The summed E-state index contributed by atoms with van der Waals surface area (Å²) in [5.41, 5.74) is -0.618. The minimum Gasteiger partial charge on any atom is -0.369 e. The summed E-state index contributed by atoms with van der Waals surface area (Å²) >= 11 is 0. The maximum Gasteiger partial charge on any atom is 0.418 e. The molecule has 1 aromatic rings. The van der Waals surface area contributed by atoms with Gasteiger partial charge in [-0.15, -0.1) is 0 Å². The minimum absolute atomic E-state index is 0.0848. The first-order valence-corrected chi connectivity index (χ1v) is 8.16. The molecule has 0 aromatic heterocycles. The molecule has 0 radical (unpaired) electrons. The van der Waals surface area contributed by atoms with E-state index in [1.807, 2.05) is 0 Å². The number of anilines is 1. The summed E-state index contributed by atoms with van der Waals surface area (Å²) in [5.74, 6) is 0. The standard InChI is InChI=1S/C13H18F3N3O2S/c1-18(2)22(20,21)17-10-7-8-19(9-10)12-6-4-3-5-11(12)13(14,15)16/h3-6,10,17H,7-9H2,1-2H3/t10-/m0/s1. The van der Waals surface area contributed by atoms with E-state index in [-0.39, 0.29) is 12.2 Å². The van der Waals surface area contributed by atoms with Gasteiger partial charge in [0.1, 0.15) is 0 Å². The van der Waals surface area contributed by atoms with Crippen molar-refractivity contribution >= 4 is 15.9 Å². The summed E-state index contributed by atoms with van der Waals surface area (Å²) in [6, 6.07) is 4.92. The molecule has 0 saturated carbocycles. The quantitative estimate of drug-likeness (QED) is 0.909. The van der Waals surface area contributed by atoms with Crippen LogP contribution in [0.1, 0.15) is 12.0 Å². The number of nitrogens with one attached hydrogen (secondary N) is 1. The Labute approximate surface area is 127 Å². The van der Waals surface area contributed by atoms with Crippen LogP contribution in [0.15, 0.2) is 24.3 Å². The summed E-state index contributed by atoms with van der Waals surface area (Å²) in [5, 5.41) is 0. The largest absolute Gasteiger partial charge is 0.418 e. The highest BCUT2D eigenvalue weighted by molar-refractivity contribution is 7.87. The van der Waals surface area contributed by atoms with Crippen molar-refractivity contribution in [1.82, 2.24) is 9.03 Å². The summed E-state index contributed by atoms with van der Waals surface area (Å²) in [6.45, 7) is 0.577. The number of nitrogens with zero attached hydrogens (tertiary/aromatic N) is 2. The van der Waals surface area contributed by atoms with Gasteiger partial charge in [0.25, 0.3) is 10.2 Å². The van der Waals surface area contributed by atoms with E-state index < -0.39 is 28.0 Å². The van der Waals surface area contributed by atoms with Crippen LogP contribution in [0.5, 0.6) is 0 Å². The van der Waals surface area contributed by atoms with Gasteiger partial charge in [0.15, 0.2) is 0 Å². The van der Waals surface area contributed by atoms with Gasteiger partial charge in [-0.05, 0) is 18.6 Å². The lowest BCUT2D eigenvalue weighted by atomic mass is 10.1. The monoisotopic (exact) mass is 337 g/mol. The fraction of sp³-hybridized carbons (Fsp3) is 0.538. The van der Waals surface area contributed by atoms with Gasteiger partial charge in [0.2, 0.25) is 0 Å². The first kappa shape index (κ1) is 17.0. The highest BCUT2D eigenvalue weighted by Crippen LogP contribution is 2.37. The van der Waals surface area contributed by atoms with Crippen LogP contribution in [0, 0.1) is 0 Å². The number of hydrogen-bond acceptors (Lipinski definition) is 3. The molecule has 1 atom stereocenters. The third-order valence-electron chi connectivity index (χ3n) is 3.53. The number of para-hydroxylation sites is 1. The van der Waals surface area contributed by atoms with Gasteiger partial charge in [-0.25, -0.2) is 0 Å². The van der Waals surface area contributed by atoms with Crippen LogP contribution in [0.2, 0.25) is 0 Å². The molecule has 0 unspecified atom stereocenters. The van der Waals surface area contributed by atoms with Crippen molar-refractivity contribution in [2.45, 2.75) is 18.6 Å². The second-order valence-corrected chi connectivity index (χ2v) is 7.27. The van der Waals surface area contributed by atoms with Crippen LogP contribution in [0.4, 0.5) is 18.9 Å². The Bertz CT molecular complexity index is 632. The third-order valence-corrected chi connectivity index (χ3v) is 5.13. The predicted octanol–water partition coefficient (Wildman–Crippen LogP) is 1.68. The maximum atomic E-state index is 13.0. The zero-order valence-corrected chi connectivity index (χ0v) is 13.1. The Kier molecular flexibility index (Phi) is 4.69. The molecule has 9 heteroatoms. The summed E-state index contributed by atoms with van der Waals surface area (Å²) in [7, 11) is -0.798. The van der Waals surface area contributed by atoms with Crippen molar-refractivity contribution in [3.63, 3.8) is 0 Å². The molecule has 1 heterocycles. The Morgan fingerprint density at radius 1 is 1.27 bits per heavy atom. The van der Waals surface area contributed by atoms with E-state index >= 15 is 0 Å². The fourth-order valence-corrected chi connectivity index (χ4v) is 3.20. The van der Waals surface area contributed by atoms with Gasteiger partial charge < -0.3 is 4.90 Å². The van der Waals surface area contributed by atoms with E-state index in [1.165, 1.54) is 26.2 Å². The summed E-state index contributed by atoms with van der Waals surface area (Å²) in [6.07, 6.45) is -3.98. The maximum absolute atomic E-state index is 13.0. The first-order valence-electron chi connectivity index (χ1n) is 6.72. The molecule has 0 amide bonds. The normalized spacial score (nSPS) is 19.9. The molecular formula is C13H18F3N3O2S. The van der Waals surface area contributed by atoms with Gasteiger partial charge >= 0.3 is 6.18 Å². The molecule has 0 spiro atoms. The second-order valence-electron chi connectivity index (χ2n) is 5.35. The summed E-state index contributed by atoms with van der Waals surface area (Å²) in [4.78, 5) is 1.56. The molecule has 5 nitrogen and oxygen atoms in total. The number of hydrogen-bond donors (Lipinski definition) is 1. The third kappa shape index (κ3) is 3.71. The topological polar surface area (TPSA) is 52.7 Å². The predicted molar refractivity (Wildman–Crippen MR) is 77.8 cm³/mol. The van der Waals surface area contributed by atoms with Crippen LogP contribution in [0.25, 0.3) is 0 Å². The molecule has 0 aliphatic carbocycles. The van der Waals surface area contributed by atoms with Crippen molar-refractivity contribution < 1.29 is 21.6 Å². The number of rotatable bonds is 4. The average molecular weight is 337 g/mol. The molecule has 1 aromatic carbocycles. The van der Waals surface area contributed by atoms with Crippen LogP contribution in [-0.2, 0) is 16.4 Å². The van der Waals surface area contributed by atoms with Crippen molar-refractivity contribution in [3.8, 4) is 0 Å². The number of alkyl halides is 3. The molecule has 1 saturated heterocycles. The molecule has 0 bridgehead atoms. The lowest BCUT2D eigenvalue weighted by Gasteiger charge is -2.23. The zero-order valence-electron chi connectivity index (χ0n) is 12.3. The van der Waals surface area contributed by atoms with E-state index in [4.69, 9.17) is 0 Å². The zero-order chi connectivity index (χ0) is 16.5. The molecule has 22 heavy (non-hydrogen) atoms. The van der Waals surface area contributed by atoms with Gasteiger partial charge in [0, 0.05) is 38.9 Å². The highest BCUT2D eigenvalue weighted by atomic mass is 32.2. The molecule has 1 aliphatic heterocycles. The SMILES string of the molecule is CN(C)S(=O)(=O)N[C@H]1CCN(c2ccccc2C(F)(F)F)C1. The van der Waals surface area contributed by atoms with Crippen LogP contribution in [-0.4, -0.2) is 45.9 Å². The van der Waals surface area contributed by atoms with Gasteiger partial charge in [0.05, 0.1) is 5.56 Å². The molecular weight excluding hydrogens is 319 g/mol. The Morgan fingerprint density at radius 2 is 1.91 bits per heavy atom. The lowest BCUT2D eigenvalue weighted by Crippen LogP contribution is -2.43. The van der Waals surface area contributed by atoms with E-state index in [2.05, 4.69) is 4.72 Å². The van der Waals surface area contributed by atoms with Crippen molar-refractivity contribution in [3.05, 3.63) is 29.8 Å². The van der Waals surface area contributed by atoms with Crippen LogP contribution >= 0.6 is 0 Å². The second kappa shape index (κ2) is 6.05. The molecule has 1 N–H and O–H groups in total. The van der Waals surface area contributed by atoms with Crippen molar-refractivity contribution in [2.75, 3.05) is 32.1 Å². The number of benzene rings is 1. The Hall–Kier alpha value is -1.32. The minimum atomic E-state index is -4.43. The van der Waals surface area contributed by atoms with Crippen LogP contribution < -0.4 is 9.62 Å². The highest BCUT2D eigenvalue weighted by Gasteiger charge is 2.36. The summed E-state index contributed by atoms with van der Waals surface area (Å²) < 4.78 is 66.2. The van der Waals surface area contributed by atoms with E-state index in [9.17, 15) is 21.6 Å². The average Bonchev–Trinajstić information content (AvgIpc) is 2.85. The molecule has 1 aliphatic rings. The van der Waals surface area contributed by atoms with E-state index in [0.717, 1.165) is 10.4 Å². The number of halogens is 3. The van der Waals surface area contributed by atoms with Gasteiger partial charge in [-0.3, -0.25) is 0 Å². The molecule has 124 valence electrons. The van der Waals surface area contributed by atoms with Gasteiger partial charge in [-0.1, -0.05) is 12.1 Å².